The van der Waals surface area contributed by atoms with Gasteiger partial charge in [-0.05, 0) is 18.9 Å². The molecule has 116 valence electrons. The minimum absolute atomic E-state index is 0.181. The third kappa shape index (κ3) is 6.27. The third-order valence-electron chi connectivity index (χ3n) is 3.11. The van der Waals surface area contributed by atoms with Crippen LogP contribution in [0, 0.1) is 0 Å². The molecule has 2 atom stereocenters. The first-order valence-electron chi connectivity index (χ1n) is 6.86. The third-order valence-corrected chi connectivity index (χ3v) is 3.11. The van der Waals surface area contributed by atoms with Crippen LogP contribution in [-0.2, 0) is 4.79 Å². The predicted octanol–water partition coefficient (Wildman–Crippen LogP) is 1.61. The Bertz CT molecular complexity index is 462. The first-order valence-corrected chi connectivity index (χ1v) is 6.86. The number of benzene rings is 1. The highest BCUT2D eigenvalue weighted by Gasteiger charge is 2.19. The zero-order valence-electron chi connectivity index (χ0n) is 12.3. The van der Waals surface area contributed by atoms with E-state index in [9.17, 15) is 14.7 Å². The number of rotatable bonds is 7. The molecule has 0 aromatic heterocycles. The molecular formula is C15H22N2O4. The fourth-order valence-electron chi connectivity index (χ4n) is 1.85. The molecule has 3 N–H and O–H groups in total. The van der Waals surface area contributed by atoms with Crippen molar-refractivity contribution >= 4 is 12.0 Å². The number of aliphatic hydroxyl groups is 1. The van der Waals surface area contributed by atoms with Gasteiger partial charge in [0.15, 0.2) is 0 Å². The zero-order valence-corrected chi connectivity index (χ0v) is 12.3. The number of carbonyl (C=O) groups excluding carboxylic acids is 1. The Labute approximate surface area is 124 Å². The lowest BCUT2D eigenvalue weighted by molar-refractivity contribution is -0.137. The van der Waals surface area contributed by atoms with Crippen molar-refractivity contribution < 1.29 is 19.8 Å². The number of carboxylic acids is 1. The molecule has 0 fully saturated rings. The van der Waals surface area contributed by atoms with Crippen LogP contribution in [0.2, 0.25) is 0 Å². The monoisotopic (exact) mass is 294 g/mol. The topological polar surface area (TPSA) is 89.9 Å². The summed E-state index contributed by atoms with van der Waals surface area (Å²) in [5, 5.41) is 20.9. The molecule has 2 amide bonds. The lowest BCUT2D eigenvalue weighted by Gasteiger charge is -2.23. The molecule has 0 radical (unpaired) electrons. The van der Waals surface area contributed by atoms with Gasteiger partial charge in [0.1, 0.15) is 0 Å². The van der Waals surface area contributed by atoms with Gasteiger partial charge in [0.25, 0.3) is 0 Å². The van der Waals surface area contributed by atoms with E-state index >= 15 is 0 Å². The quantitative estimate of drug-likeness (QED) is 0.712. The number of urea groups is 1. The summed E-state index contributed by atoms with van der Waals surface area (Å²) in [5.41, 5.74) is 0.747. The van der Waals surface area contributed by atoms with Gasteiger partial charge in [0, 0.05) is 13.6 Å². The van der Waals surface area contributed by atoms with Crippen molar-refractivity contribution in [3.63, 3.8) is 0 Å². The minimum atomic E-state index is -0.976. The van der Waals surface area contributed by atoms with E-state index in [1.807, 2.05) is 6.07 Å². The molecule has 0 aliphatic heterocycles. The van der Waals surface area contributed by atoms with Gasteiger partial charge in [-0.1, -0.05) is 30.3 Å². The number of amides is 2. The summed E-state index contributed by atoms with van der Waals surface area (Å²) in [6.07, 6.45) is -0.192. The summed E-state index contributed by atoms with van der Waals surface area (Å²) in [6, 6.07) is 8.06. The summed E-state index contributed by atoms with van der Waals surface area (Å²) in [6.45, 7) is 2.06. The minimum Gasteiger partial charge on any atom is -0.481 e. The summed E-state index contributed by atoms with van der Waals surface area (Å²) < 4.78 is 0. The SMILES string of the molecule is CC(O)CCN(C)C(=O)NC(CC(=O)O)c1ccccc1. The second kappa shape index (κ2) is 8.26. The Kier molecular flexibility index (Phi) is 6.68. The largest absolute Gasteiger partial charge is 0.481 e. The molecule has 6 heteroatoms. The van der Waals surface area contributed by atoms with E-state index in [2.05, 4.69) is 5.32 Å². The molecule has 1 aromatic carbocycles. The molecule has 6 nitrogen and oxygen atoms in total. The zero-order chi connectivity index (χ0) is 15.8. The highest BCUT2D eigenvalue weighted by atomic mass is 16.4. The van der Waals surface area contributed by atoms with Crippen molar-refractivity contribution in [3.8, 4) is 0 Å². The van der Waals surface area contributed by atoms with Gasteiger partial charge in [-0.3, -0.25) is 4.79 Å². The summed E-state index contributed by atoms with van der Waals surface area (Å²) in [7, 11) is 1.61. The smallest absolute Gasteiger partial charge is 0.317 e. The maximum atomic E-state index is 12.1. The van der Waals surface area contributed by atoms with Gasteiger partial charge in [0.2, 0.25) is 0 Å². The standard InChI is InChI=1S/C15H22N2O4/c1-11(18)8-9-17(2)15(21)16-13(10-14(19)20)12-6-4-3-5-7-12/h3-7,11,13,18H,8-10H2,1-2H3,(H,16,21)(H,19,20). The lowest BCUT2D eigenvalue weighted by atomic mass is 10.0. The van der Waals surface area contributed by atoms with E-state index in [-0.39, 0.29) is 12.5 Å². The van der Waals surface area contributed by atoms with Crippen LogP contribution < -0.4 is 5.32 Å². The summed E-state index contributed by atoms with van der Waals surface area (Å²) in [4.78, 5) is 24.4. The second-order valence-corrected chi connectivity index (χ2v) is 5.07. The van der Waals surface area contributed by atoms with Gasteiger partial charge in [0.05, 0.1) is 18.6 Å². The van der Waals surface area contributed by atoms with E-state index in [1.54, 1.807) is 38.2 Å². The number of hydrogen-bond donors (Lipinski definition) is 3. The van der Waals surface area contributed by atoms with Crippen LogP contribution in [-0.4, -0.2) is 46.8 Å². The normalized spacial score (nSPS) is 13.3. The number of carbonyl (C=O) groups is 2. The highest BCUT2D eigenvalue weighted by molar-refractivity contribution is 5.76. The lowest BCUT2D eigenvalue weighted by Crippen LogP contribution is -2.41. The van der Waals surface area contributed by atoms with Gasteiger partial charge < -0.3 is 20.4 Å². The van der Waals surface area contributed by atoms with E-state index in [1.165, 1.54) is 4.90 Å². The molecule has 0 spiro atoms. The molecule has 2 unspecified atom stereocenters. The van der Waals surface area contributed by atoms with E-state index in [0.717, 1.165) is 5.56 Å². The van der Waals surface area contributed by atoms with E-state index in [4.69, 9.17) is 5.11 Å². The average molecular weight is 294 g/mol. The molecule has 0 aliphatic carbocycles. The Hall–Kier alpha value is -2.08. The fraction of sp³-hybridized carbons (Fsp3) is 0.467. The maximum Gasteiger partial charge on any atom is 0.317 e. The fourth-order valence-corrected chi connectivity index (χ4v) is 1.85. The average Bonchev–Trinajstić information content (AvgIpc) is 2.44. The molecule has 0 bridgehead atoms. The van der Waals surface area contributed by atoms with Gasteiger partial charge in [-0.15, -0.1) is 0 Å². The van der Waals surface area contributed by atoms with Crippen molar-refractivity contribution in [1.82, 2.24) is 10.2 Å². The van der Waals surface area contributed by atoms with Gasteiger partial charge >= 0.3 is 12.0 Å². The number of aliphatic hydroxyl groups excluding tert-OH is 1. The molecule has 0 heterocycles. The molecule has 0 saturated carbocycles. The Balaban J connectivity index is 2.68. The number of hydrogen-bond acceptors (Lipinski definition) is 3. The number of carboxylic acid groups (broad SMARTS) is 1. The molecule has 0 aliphatic rings. The first-order chi connectivity index (χ1) is 9.90. The van der Waals surface area contributed by atoms with Crippen LogP contribution in [0.5, 0.6) is 0 Å². The molecular weight excluding hydrogens is 272 g/mol. The van der Waals surface area contributed by atoms with E-state index < -0.39 is 18.1 Å². The Morgan fingerprint density at radius 1 is 1.29 bits per heavy atom. The van der Waals surface area contributed by atoms with Gasteiger partial charge in [-0.2, -0.15) is 0 Å². The molecule has 0 saturated heterocycles. The van der Waals surface area contributed by atoms with Crippen LogP contribution in [0.4, 0.5) is 4.79 Å². The summed E-state index contributed by atoms with van der Waals surface area (Å²) in [5.74, 6) is -0.976. The van der Waals surface area contributed by atoms with Crippen molar-refractivity contribution in [3.05, 3.63) is 35.9 Å². The summed E-state index contributed by atoms with van der Waals surface area (Å²) >= 11 is 0. The molecule has 1 rings (SSSR count). The maximum absolute atomic E-state index is 12.1. The first kappa shape index (κ1) is 17.0. The van der Waals surface area contributed by atoms with Crippen molar-refractivity contribution in [2.45, 2.75) is 31.9 Å². The van der Waals surface area contributed by atoms with Crippen LogP contribution in [0.3, 0.4) is 0 Å². The van der Waals surface area contributed by atoms with Gasteiger partial charge in [-0.25, -0.2) is 4.79 Å². The molecule has 1 aromatic rings. The number of aliphatic carboxylic acids is 1. The Morgan fingerprint density at radius 3 is 2.43 bits per heavy atom. The Morgan fingerprint density at radius 2 is 1.90 bits per heavy atom. The van der Waals surface area contributed by atoms with Crippen molar-refractivity contribution in [2.24, 2.45) is 0 Å². The molecule has 21 heavy (non-hydrogen) atoms. The van der Waals surface area contributed by atoms with Crippen molar-refractivity contribution in [1.29, 1.82) is 0 Å². The van der Waals surface area contributed by atoms with Crippen LogP contribution >= 0.6 is 0 Å². The van der Waals surface area contributed by atoms with Crippen LogP contribution in [0.25, 0.3) is 0 Å². The second-order valence-electron chi connectivity index (χ2n) is 5.07. The van der Waals surface area contributed by atoms with Crippen molar-refractivity contribution in [2.75, 3.05) is 13.6 Å². The number of nitrogens with one attached hydrogen (secondary N) is 1. The predicted molar refractivity (Wildman–Crippen MR) is 78.9 cm³/mol. The number of nitrogens with zero attached hydrogens (tertiary/aromatic N) is 1. The van der Waals surface area contributed by atoms with Crippen LogP contribution in [0.1, 0.15) is 31.4 Å². The highest BCUT2D eigenvalue weighted by Crippen LogP contribution is 2.16. The van der Waals surface area contributed by atoms with Crippen LogP contribution in [0.15, 0.2) is 30.3 Å². The van der Waals surface area contributed by atoms with E-state index in [0.29, 0.717) is 13.0 Å².